The van der Waals surface area contributed by atoms with Gasteiger partial charge in [-0.2, -0.15) is 0 Å². The van der Waals surface area contributed by atoms with Crippen molar-refractivity contribution >= 4 is 28.0 Å². The molecule has 1 saturated heterocycles. The minimum Gasteiger partial charge on any atom is -0.480 e. The van der Waals surface area contributed by atoms with E-state index < -0.39 is 29.9 Å². The molecule has 1 atom stereocenters. The van der Waals surface area contributed by atoms with E-state index in [1.165, 1.54) is 0 Å². The SMILES string of the molecule is CC(C)(C)OC(=O)N1CCC(OCC(=O)O)(c2ccncc2Br)C1. The van der Waals surface area contributed by atoms with Crippen molar-refractivity contribution < 1.29 is 24.2 Å². The standard InChI is InChI=1S/C16H21BrN2O5/c1-15(2,3)24-14(22)19-7-5-16(10-19,23-9-13(20)21)11-4-6-18-8-12(11)17/h4,6,8H,5,7,9-10H2,1-3H3,(H,20,21). The van der Waals surface area contributed by atoms with Gasteiger partial charge in [-0.1, -0.05) is 0 Å². The zero-order valence-corrected chi connectivity index (χ0v) is 15.5. The first-order valence-corrected chi connectivity index (χ1v) is 8.36. The van der Waals surface area contributed by atoms with E-state index >= 15 is 0 Å². The van der Waals surface area contributed by atoms with Crippen molar-refractivity contribution in [2.75, 3.05) is 19.7 Å². The molecule has 0 bridgehead atoms. The summed E-state index contributed by atoms with van der Waals surface area (Å²) in [7, 11) is 0. The van der Waals surface area contributed by atoms with Crippen LogP contribution >= 0.6 is 15.9 Å². The van der Waals surface area contributed by atoms with E-state index in [0.717, 1.165) is 5.56 Å². The number of likely N-dealkylation sites (tertiary alicyclic amines) is 1. The van der Waals surface area contributed by atoms with Gasteiger partial charge in [0, 0.05) is 35.4 Å². The van der Waals surface area contributed by atoms with Gasteiger partial charge in [0.05, 0.1) is 6.54 Å². The highest BCUT2D eigenvalue weighted by Crippen LogP contribution is 2.39. The van der Waals surface area contributed by atoms with Crippen molar-refractivity contribution in [1.29, 1.82) is 0 Å². The summed E-state index contributed by atoms with van der Waals surface area (Å²) in [5.74, 6) is -1.06. The lowest BCUT2D eigenvalue weighted by atomic mass is 9.93. The van der Waals surface area contributed by atoms with Crippen LogP contribution in [0.4, 0.5) is 4.79 Å². The van der Waals surface area contributed by atoms with Crippen LogP contribution < -0.4 is 0 Å². The molecule has 8 heteroatoms. The van der Waals surface area contributed by atoms with Crippen LogP contribution in [0, 0.1) is 0 Å². The van der Waals surface area contributed by atoms with E-state index in [9.17, 15) is 9.59 Å². The summed E-state index contributed by atoms with van der Waals surface area (Å²) >= 11 is 3.43. The van der Waals surface area contributed by atoms with E-state index in [2.05, 4.69) is 20.9 Å². The minimum atomic E-state index is -1.06. The maximum absolute atomic E-state index is 12.3. The van der Waals surface area contributed by atoms with Crippen LogP contribution in [0.25, 0.3) is 0 Å². The number of nitrogens with zero attached hydrogens (tertiary/aromatic N) is 2. The van der Waals surface area contributed by atoms with Crippen LogP contribution in [0.15, 0.2) is 22.9 Å². The number of carboxylic acids is 1. The smallest absolute Gasteiger partial charge is 0.410 e. The first kappa shape index (κ1) is 18.7. The number of hydrogen-bond acceptors (Lipinski definition) is 5. The molecule has 0 aromatic carbocycles. The molecule has 1 N–H and O–H groups in total. The third-order valence-electron chi connectivity index (χ3n) is 3.62. The van der Waals surface area contributed by atoms with Gasteiger partial charge in [0.2, 0.25) is 0 Å². The highest BCUT2D eigenvalue weighted by molar-refractivity contribution is 9.10. The van der Waals surface area contributed by atoms with E-state index in [-0.39, 0.29) is 6.54 Å². The number of halogens is 1. The molecule has 1 amide bonds. The van der Waals surface area contributed by atoms with Crippen molar-refractivity contribution in [2.24, 2.45) is 0 Å². The molecule has 2 rings (SSSR count). The number of aliphatic carboxylic acids is 1. The lowest BCUT2D eigenvalue weighted by Crippen LogP contribution is -2.40. The van der Waals surface area contributed by atoms with Gasteiger partial charge in [-0.25, -0.2) is 9.59 Å². The van der Waals surface area contributed by atoms with Gasteiger partial charge in [-0.3, -0.25) is 4.98 Å². The maximum Gasteiger partial charge on any atom is 0.410 e. The molecule has 0 saturated carbocycles. The molecule has 0 radical (unpaired) electrons. The Balaban J connectivity index is 2.25. The predicted molar refractivity (Wildman–Crippen MR) is 89.6 cm³/mol. The Morgan fingerprint density at radius 3 is 2.75 bits per heavy atom. The molecule has 0 spiro atoms. The van der Waals surface area contributed by atoms with Gasteiger partial charge >= 0.3 is 12.1 Å². The summed E-state index contributed by atoms with van der Waals surface area (Å²) in [5.41, 5.74) is -0.733. The Morgan fingerprint density at radius 2 is 2.17 bits per heavy atom. The summed E-state index contributed by atoms with van der Waals surface area (Å²) in [6.07, 6.45) is 3.27. The topological polar surface area (TPSA) is 89.0 Å². The lowest BCUT2D eigenvalue weighted by molar-refractivity contribution is -0.149. The first-order valence-electron chi connectivity index (χ1n) is 7.57. The van der Waals surface area contributed by atoms with Gasteiger partial charge in [-0.05, 0) is 42.8 Å². The number of aromatic nitrogens is 1. The summed E-state index contributed by atoms with van der Waals surface area (Å²) in [6, 6.07) is 1.77. The van der Waals surface area contributed by atoms with E-state index in [4.69, 9.17) is 14.6 Å². The van der Waals surface area contributed by atoms with Crippen molar-refractivity contribution in [3.05, 3.63) is 28.5 Å². The molecule has 1 aromatic heterocycles. The van der Waals surface area contributed by atoms with Gasteiger partial charge in [0.15, 0.2) is 0 Å². The number of carbonyl (C=O) groups is 2. The Hall–Kier alpha value is -1.67. The quantitative estimate of drug-likeness (QED) is 0.835. The largest absolute Gasteiger partial charge is 0.480 e. The van der Waals surface area contributed by atoms with Crippen LogP contribution in [0.1, 0.15) is 32.8 Å². The molecular weight excluding hydrogens is 380 g/mol. The minimum absolute atomic E-state index is 0.220. The molecule has 0 aliphatic carbocycles. The molecule has 7 nitrogen and oxygen atoms in total. The summed E-state index contributed by atoms with van der Waals surface area (Å²) in [5, 5.41) is 8.98. The van der Waals surface area contributed by atoms with Gasteiger partial charge < -0.3 is 19.5 Å². The number of pyridine rings is 1. The molecule has 24 heavy (non-hydrogen) atoms. The van der Waals surface area contributed by atoms with Gasteiger partial charge in [-0.15, -0.1) is 0 Å². The second-order valence-electron chi connectivity index (χ2n) is 6.68. The molecule has 2 heterocycles. The normalized spacial score (nSPS) is 20.9. The third-order valence-corrected chi connectivity index (χ3v) is 4.25. The fourth-order valence-electron chi connectivity index (χ4n) is 2.62. The van der Waals surface area contributed by atoms with Crippen molar-refractivity contribution in [1.82, 2.24) is 9.88 Å². The second-order valence-corrected chi connectivity index (χ2v) is 7.54. The number of amides is 1. The molecule has 1 unspecified atom stereocenters. The number of carbonyl (C=O) groups excluding carboxylic acids is 1. The molecular formula is C16H21BrN2O5. The monoisotopic (exact) mass is 400 g/mol. The fraction of sp³-hybridized carbons (Fsp3) is 0.562. The molecule has 1 aliphatic heterocycles. The lowest BCUT2D eigenvalue weighted by Gasteiger charge is -2.31. The van der Waals surface area contributed by atoms with Crippen LogP contribution in [0.3, 0.4) is 0 Å². The van der Waals surface area contributed by atoms with Gasteiger partial charge in [0.1, 0.15) is 17.8 Å². The van der Waals surface area contributed by atoms with E-state index in [0.29, 0.717) is 17.4 Å². The second kappa shape index (κ2) is 7.06. The molecule has 1 aliphatic rings. The fourth-order valence-corrected chi connectivity index (χ4v) is 3.24. The zero-order valence-electron chi connectivity index (χ0n) is 13.9. The predicted octanol–water partition coefficient (Wildman–Crippen LogP) is 2.78. The third kappa shape index (κ3) is 4.45. The Kier molecular flexibility index (Phi) is 5.49. The molecule has 1 aromatic rings. The Morgan fingerprint density at radius 1 is 1.46 bits per heavy atom. The maximum atomic E-state index is 12.3. The molecule has 132 valence electrons. The highest BCUT2D eigenvalue weighted by Gasteiger charge is 2.45. The van der Waals surface area contributed by atoms with Gasteiger partial charge in [0.25, 0.3) is 0 Å². The average Bonchev–Trinajstić information content (AvgIpc) is 2.89. The molecule has 1 fully saturated rings. The number of carboxylic acid groups (broad SMARTS) is 1. The number of hydrogen-bond donors (Lipinski definition) is 1. The summed E-state index contributed by atoms with van der Waals surface area (Å²) in [6.45, 7) is 5.59. The zero-order chi connectivity index (χ0) is 18.0. The Labute approximate surface area is 149 Å². The van der Waals surface area contributed by atoms with Crippen molar-refractivity contribution in [3.8, 4) is 0 Å². The summed E-state index contributed by atoms with van der Waals surface area (Å²) in [4.78, 5) is 28.8. The number of rotatable bonds is 4. The highest BCUT2D eigenvalue weighted by atomic mass is 79.9. The van der Waals surface area contributed by atoms with Crippen LogP contribution in [-0.4, -0.2) is 52.4 Å². The van der Waals surface area contributed by atoms with E-state index in [1.807, 2.05) is 0 Å². The van der Waals surface area contributed by atoms with Crippen molar-refractivity contribution in [3.63, 3.8) is 0 Å². The van der Waals surface area contributed by atoms with Crippen LogP contribution in [0.2, 0.25) is 0 Å². The Bertz CT molecular complexity index is 631. The summed E-state index contributed by atoms with van der Waals surface area (Å²) < 4.78 is 11.8. The average molecular weight is 401 g/mol. The first-order chi connectivity index (χ1) is 11.1. The van der Waals surface area contributed by atoms with Crippen LogP contribution in [0.5, 0.6) is 0 Å². The van der Waals surface area contributed by atoms with E-state index in [1.54, 1.807) is 44.1 Å². The van der Waals surface area contributed by atoms with Crippen molar-refractivity contribution in [2.45, 2.75) is 38.4 Å². The van der Waals surface area contributed by atoms with Crippen LogP contribution in [-0.2, 0) is 19.9 Å². The number of ether oxygens (including phenoxy) is 2.